The molecule has 0 aliphatic carbocycles. The van der Waals surface area contributed by atoms with E-state index in [0.717, 1.165) is 54.5 Å². The maximum Gasteiger partial charge on any atom is 0.209 e. The van der Waals surface area contributed by atoms with Crippen LogP contribution in [-0.2, 0) is 11.3 Å². The number of anilines is 1. The molecule has 1 fully saturated rings. The molecule has 0 bridgehead atoms. The van der Waals surface area contributed by atoms with Crippen molar-refractivity contribution in [3.8, 4) is 11.5 Å². The minimum atomic E-state index is 0.402. The largest absolute Gasteiger partial charge is 0.486 e. The van der Waals surface area contributed by atoms with Gasteiger partial charge in [-0.25, -0.2) is 9.97 Å². The first-order valence-electron chi connectivity index (χ1n) is 10.2. The molecule has 2 aromatic heterocycles. The van der Waals surface area contributed by atoms with Gasteiger partial charge < -0.3 is 24.7 Å². The first-order valence-corrected chi connectivity index (χ1v) is 11.4. The van der Waals surface area contributed by atoms with Gasteiger partial charge in [-0.05, 0) is 42.7 Å². The molecule has 5 rings (SSSR count). The standard InChI is InChI=1S/C21H22ClN5O3S/c22-14-9-16-17(30-8-7-29-16)10-18(14)31-21-25-19-15(1-4-24-20(19)23)27(21)6-3-13-2-5-26(11-13)12-28/h1,4,9-10,12-13H,2-3,5-8,11H2,(H2,23,24). The second-order valence-electron chi connectivity index (χ2n) is 7.68. The summed E-state index contributed by atoms with van der Waals surface area (Å²) in [6, 6.07) is 5.61. The number of pyridine rings is 1. The second kappa shape index (κ2) is 8.47. The Labute approximate surface area is 188 Å². The molecule has 10 heteroatoms. The van der Waals surface area contributed by atoms with Crippen LogP contribution in [0.1, 0.15) is 12.8 Å². The number of benzene rings is 1. The van der Waals surface area contributed by atoms with E-state index in [-0.39, 0.29) is 0 Å². The Morgan fingerprint density at radius 3 is 2.87 bits per heavy atom. The van der Waals surface area contributed by atoms with Gasteiger partial charge in [0, 0.05) is 36.8 Å². The van der Waals surface area contributed by atoms with Crippen LogP contribution < -0.4 is 15.2 Å². The molecule has 1 atom stereocenters. The van der Waals surface area contributed by atoms with Crippen molar-refractivity contribution in [2.45, 2.75) is 29.4 Å². The van der Waals surface area contributed by atoms with Crippen LogP contribution in [0.15, 0.2) is 34.4 Å². The lowest BCUT2D eigenvalue weighted by molar-refractivity contribution is -0.117. The smallest absolute Gasteiger partial charge is 0.209 e. The van der Waals surface area contributed by atoms with E-state index in [1.165, 1.54) is 11.8 Å². The van der Waals surface area contributed by atoms with Gasteiger partial charge in [-0.3, -0.25) is 4.79 Å². The van der Waals surface area contributed by atoms with Crippen molar-refractivity contribution in [2.75, 3.05) is 32.0 Å². The van der Waals surface area contributed by atoms with E-state index in [1.807, 2.05) is 17.0 Å². The molecule has 162 valence electrons. The third-order valence-corrected chi connectivity index (χ3v) is 7.16. The van der Waals surface area contributed by atoms with Gasteiger partial charge in [-0.2, -0.15) is 0 Å². The number of hydrogen-bond acceptors (Lipinski definition) is 7. The molecular formula is C21H22ClN5O3S. The Morgan fingerprint density at radius 1 is 1.29 bits per heavy atom. The number of fused-ring (bicyclic) bond motifs is 2. The normalized spacial score (nSPS) is 18.0. The van der Waals surface area contributed by atoms with Gasteiger partial charge in [0.1, 0.15) is 18.7 Å². The Morgan fingerprint density at radius 2 is 2.10 bits per heavy atom. The van der Waals surface area contributed by atoms with E-state index in [0.29, 0.717) is 47.0 Å². The van der Waals surface area contributed by atoms with Crippen LogP contribution in [0.2, 0.25) is 5.02 Å². The molecule has 8 nitrogen and oxygen atoms in total. The van der Waals surface area contributed by atoms with E-state index in [9.17, 15) is 4.79 Å². The van der Waals surface area contributed by atoms with Crippen molar-refractivity contribution in [2.24, 2.45) is 5.92 Å². The molecule has 4 heterocycles. The van der Waals surface area contributed by atoms with Crippen molar-refractivity contribution < 1.29 is 14.3 Å². The summed E-state index contributed by atoms with van der Waals surface area (Å²) < 4.78 is 13.5. The Balaban J connectivity index is 1.46. The molecule has 2 aliphatic rings. The number of ether oxygens (including phenoxy) is 2. The monoisotopic (exact) mass is 459 g/mol. The van der Waals surface area contributed by atoms with Gasteiger partial charge in [0.25, 0.3) is 0 Å². The Bertz CT molecular complexity index is 1140. The maximum absolute atomic E-state index is 11.0. The topological polar surface area (TPSA) is 95.5 Å². The number of amides is 1. The molecule has 1 saturated heterocycles. The lowest BCUT2D eigenvalue weighted by Crippen LogP contribution is -2.18. The molecule has 1 unspecified atom stereocenters. The van der Waals surface area contributed by atoms with Crippen LogP contribution in [0.4, 0.5) is 5.82 Å². The highest BCUT2D eigenvalue weighted by Gasteiger charge is 2.23. The highest BCUT2D eigenvalue weighted by molar-refractivity contribution is 7.99. The number of aromatic nitrogens is 3. The number of nitrogen functional groups attached to an aromatic ring is 1. The minimum Gasteiger partial charge on any atom is -0.486 e. The summed E-state index contributed by atoms with van der Waals surface area (Å²) in [7, 11) is 0. The lowest BCUT2D eigenvalue weighted by Gasteiger charge is -2.19. The zero-order chi connectivity index (χ0) is 21.4. The molecule has 0 saturated carbocycles. The van der Waals surface area contributed by atoms with Gasteiger partial charge in [0.05, 0.1) is 10.5 Å². The van der Waals surface area contributed by atoms with Crippen LogP contribution in [0.25, 0.3) is 11.0 Å². The number of aryl methyl sites for hydroxylation is 1. The van der Waals surface area contributed by atoms with Crippen molar-refractivity contribution in [1.29, 1.82) is 0 Å². The van der Waals surface area contributed by atoms with E-state index < -0.39 is 0 Å². The summed E-state index contributed by atoms with van der Waals surface area (Å²) in [4.78, 5) is 22.7. The summed E-state index contributed by atoms with van der Waals surface area (Å²) >= 11 is 8.01. The van der Waals surface area contributed by atoms with Crippen molar-refractivity contribution >= 4 is 46.6 Å². The van der Waals surface area contributed by atoms with Crippen molar-refractivity contribution in [3.63, 3.8) is 0 Å². The van der Waals surface area contributed by atoms with Crippen LogP contribution in [0.3, 0.4) is 0 Å². The van der Waals surface area contributed by atoms with Crippen molar-refractivity contribution in [3.05, 3.63) is 29.4 Å². The number of carbonyl (C=O) groups is 1. The molecule has 31 heavy (non-hydrogen) atoms. The van der Waals surface area contributed by atoms with Crippen LogP contribution >= 0.6 is 23.4 Å². The average Bonchev–Trinajstić information content (AvgIpc) is 3.38. The first kappa shape index (κ1) is 20.3. The zero-order valence-corrected chi connectivity index (χ0v) is 18.4. The Hall–Kier alpha value is -2.65. The molecule has 2 aliphatic heterocycles. The van der Waals surface area contributed by atoms with E-state index in [2.05, 4.69) is 9.55 Å². The third kappa shape index (κ3) is 3.99. The maximum atomic E-state index is 11.0. The molecular weight excluding hydrogens is 438 g/mol. The summed E-state index contributed by atoms with van der Waals surface area (Å²) in [5, 5.41) is 1.37. The Kier molecular flexibility index (Phi) is 5.54. The number of nitrogens with zero attached hydrogens (tertiary/aromatic N) is 4. The van der Waals surface area contributed by atoms with E-state index in [4.69, 9.17) is 31.8 Å². The zero-order valence-electron chi connectivity index (χ0n) is 16.8. The fourth-order valence-corrected chi connectivity index (χ4v) is 5.30. The number of nitrogens with two attached hydrogens (primary N) is 1. The lowest BCUT2D eigenvalue weighted by atomic mass is 10.1. The van der Waals surface area contributed by atoms with Gasteiger partial charge in [-0.1, -0.05) is 11.6 Å². The fourth-order valence-electron chi connectivity index (χ4n) is 4.07. The quantitative estimate of drug-likeness (QED) is 0.564. The molecule has 0 spiro atoms. The second-order valence-corrected chi connectivity index (χ2v) is 9.10. The molecule has 2 N–H and O–H groups in total. The van der Waals surface area contributed by atoms with Gasteiger partial charge in [0.2, 0.25) is 6.41 Å². The van der Waals surface area contributed by atoms with Gasteiger partial charge >= 0.3 is 0 Å². The predicted octanol–water partition coefficient (Wildman–Crippen LogP) is 3.46. The SMILES string of the molecule is Nc1nccc2c1nc(Sc1cc3c(cc1Cl)OCCO3)n2CCC1CCN(C=O)C1. The molecule has 1 aromatic carbocycles. The number of likely N-dealkylation sites (tertiary alicyclic amines) is 1. The average molecular weight is 460 g/mol. The van der Waals surface area contributed by atoms with Crippen molar-refractivity contribution in [1.82, 2.24) is 19.4 Å². The predicted molar refractivity (Wildman–Crippen MR) is 119 cm³/mol. The number of rotatable bonds is 6. The highest BCUT2D eigenvalue weighted by Crippen LogP contribution is 2.42. The summed E-state index contributed by atoms with van der Waals surface area (Å²) in [5.74, 6) is 2.21. The summed E-state index contributed by atoms with van der Waals surface area (Å²) in [6.07, 6.45) is 4.60. The van der Waals surface area contributed by atoms with Gasteiger partial charge in [0.15, 0.2) is 22.5 Å². The molecule has 3 aromatic rings. The third-order valence-electron chi connectivity index (χ3n) is 5.69. The summed E-state index contributed by atoms with van der Waals surface area (Å²) in [5.41, 5.74) is 7.72. The van der Waals surface area contributed by atoms with Crippen LogP contribution in [-0.4, -0.2) is 52.1 Å². The van der Waals surface area contributed by atoms with Crippen LogP contribution in [0.5, 0.6) is 11.5 Å². The highest BCUT2D eigenvalue weighted by atomic mass is 35.5. The van der Waals surface area contributed by atoms with E-state index >= 15 is 0 Å². The number of halogens is 1. The molecule has 1 amide bonds. The van der Waals surface area contributed by atoms with Crippen LogP contribution in [0, 0.1) is 5.92 Å². The summed E-state index contributed by atoms with van der Waals surface area (Å²) in [6.45, 7) is 3.42. The van der Waals surface area contributed by atoms with Gasteiger partial charge in [-0.15, -0.1) is 0 Å². The number of hydrogen-bond donors (Lipinski definition) is 1. The first-order chi connectivity index (χ1) is 15.1. The van der Waals surface area contributed by atoms with E-state index in [1.54, 1.807) is 12.3 Å². The number of carbonyl (C=O) groups excluding carboxylic acids is 1. The fraction of sp³-hybridized carbons (Fsp3) is 0.381. The molecule has 0 radical (unpaired) electrons. The minimum absolute atomic E-state index is 0.402. The number of imidazole rings is 1.